The molecule has 14 aromatic carbocycles. The van der Waals surface area contributed by atoms with Gasteiger partial charge in [0.1, 0.15) is 0 Å². The van der Waals surface area contributed by atoms with Crippen molar-refractivity contribution in [2.75, 3.05) is 0 Å². The predicted octanol–water partition coefficient (Wildman–Crippen LogP) is 21.4. The molecule has 1 aliphatic rings. The Morgan fingerprint density at radius 2 is 0.700 bits per heavy atom. The minimum absolute atomic E-state index is 0.118. The molecule has 0 aromatic heterocycles. The summed E-state index contributed by atoms with van der Waals surface area (Å²) >= 11 is 3.68. The Balaban J connectivity index is 0.000000122. The van der Waals surface area contributed by atoms with Crippen LogP contribution in [0.25, 0.3) is 119 Å². The number of aryl methyl sites for hydroxylation is 2. The van der Waals surface area contributed by atoms with Crippen molar-refractivity contribution >= 4 is 136 Å². The van der Waals surface area contributed by atoms with Gasteiger partial charge in [-0.3, -0.25) is 0 Å². The predicted molar refractivity (Wildman–Crippen MR) is 352 cm³/mol. The highest BCUT2D eigenvalue weighted by atomic mass is 79.9. The van der Waals surface area contributed by atoms with E-state index in [1.165, 1.54) is 146 Å². The Labute approximate surface area is 479 Å². The number of hydrogen-bond acceptors (Lipinski definition) is 2. The van der Waals surface area contributed by atoms with Gasteiger partial charge in [0.2, 0.25) is 0 Å². The fourth-order valence-electron chi connectivity index (χ4n) is 12.7. The van der Waals surface area contributed by atoms with Crippen LogP contribution in [0.2, 0.25) is 0 Å². The molecule has 0 unspecified atom stereocenters. The van der Waals surface area contributed by atoms with Crippen molar-refractivity contribution in [2.24, 2.45) is 0 Å². The highest BCUT2D eigenvalue weighted by Crippen LogP contribution is 2.47. The Kier molecular flexibility index (Phi) is 12.3. The maximum Gasteiger partial charge on any atom is 0.495 e. The molecule has 0 spiro atoms. The standard InChI is InChI=1S/C35H28.C27H31BO2.C14H9Br/c1-21-17-31(33-28-11-7-5-9-22(28)18-23-10-6-8-12-29(23)33)30-16-14-25-20-26(35(2,3)4)19-24-13-15-27(21)34(30)32(24)25;1-16-13-22(28-29-26(5,6)27(7,8)30-28)21-12-10-18-15-19(25(2,3)4)14-17-9-11-20(16)24(21)23(17)18;15-14-12-7-3-1-5-10(12)9-11-6-2-4-8-13(11)14/h5-20H,1-4H3;9-15H,1-8H3;1-9H. The largest absolute Gasteiger partial charge is 0.495 e. The van der Waals surface area contributed by atoms with Gasteiger partial charge in [-0.05, 0) is 227 Å². The molecule has 0 amide bonds. The summed E-state index contributed by atoms with van der Waals surface area (Å²) < 4.78 is 14.1. The molecule has 15 rings (SSSR count). The van der Waals surface area contributed by atoms with Gasteiger partial charge in [-0.15, -0.1) is 0 Å². The van der Waals surface area contributed by atoms with Crippen LogP contribution in [0.5, 0.6) is 0 Å². The summed E-state index contributed by atoms with van der Waals surface area (Å²) in [6.07, 6.45) is 0. The summed E-state index contributed by atoms with van der Waals surface area (Å²) in [7, 11) is -0.358. The zero-order valence-corrected chi connectivity index (χ0v) is 49.8. The number of halogens is 1. The van der Waals surface area contributed by atoms with E-state index in [0.29, 0.717) is 0 Å². The third kappa shape index (κ3) is 8.60. The van der Waals surface area contributed by atoms with Crippen molar-refractivity contribution in [3.8, 4) is 11.1 Å². The van der Waals surface area contributed by atoms with Gasteiger partial charge in [0.15, 0.2) is 0 Å². The fourth-order valence-corrected chi connectivity index (χ4v) is 13.4. The molecule has 1 heterocycles. The van der Waals surface area contributed by atoms with E-state index in [0.717, 1.165) is 5.46 Å². The van der Waals surface area contributed by atoms with E-state index >= 15 is 0 Å². The fraction of sp³-hybridized carbons (Fsp3) is 0.211. The second-order valence-electron chi connectivity index (χ2n) is 25.7. The summed E-state index contributed by atoms with van der Waals surface area (Å²) in [5.74, 6) is 0. The molecule has 0 N–H and O–H groups in total. The molecule has 0 atom stereocenters. The lowest BCUT2D eigenvalue weighted by Crippen LogP contribution is -2.41. The van der Waals surface area contributed by atoms with Crippen LogP contribution >= 0.6 is 15.9 Å². The highest BCUT2D eigenvalue weighted by Gasteiger charge is 2.52. The van der Waals surface area contributed by atoms with Gasteiger partial charge in [0, 0.05) is 4.47 Å². The van der Waals surface area contributed by atoms with E-state index in [2.05, 4.69) is 293 Å². The zero-order valence-electron chi connectivity index (χ0n) is 48.2. The first-order valence-corrected chi connectivity index (χ1v) is 29.2. The molecular weight excluding hydrogens is 1040 g/mol. The monoisotopic (exact) mass is 1100 g/mol. The topological polar surface area (TPSA) is 18.5 Å². The van der Waals surface area contributed by atoms with E-state index in [1.54, 1.807) is 0 Å². The van der Waals surface area contributed by atoms with Crippen molar-refractivity contribution in [3.05, 3.63) is 221 Å². The SMILES string of the molecule is Brc1c2ccccc2cc2ccccc12.Cc1cc(-c2c3ccccc3cc3ccccc23)c2ccc3cc(C(C)(C)C)cc4ccc1c2c43.Cc1cc(B2OC(C)(C)C(C)(C)O2)c2ccc3cc(C(C)(C)C)cc4ccc1c2c43. The number of fused-ring (bicyclic) bond motifs is 4. The molecule has 2 nitrogen and oxygen atoms in total. The third-order valence-corrected chi connectivity index (χ3v) is 18.7. The average molecular weight is 1100 g/mol. The molecule has 0 aliphatic carbocycles. The first kappa shape index (κ1) is 52.1. The molecule has 1 saturated heterocycles. The zero-order chi connectivity index (χ0) is 55.8. The Morgan fingerprint density at radius 1 is 0.350 bits per heavy atom. The quantitative estimate of drug-likeness (QED) is 0.0976. The first-order chi connectivity index (χ1) is 38.1. The molecule has 14 aromatic rings. The van der Waals surface area contributed by atoms with Crippen molar-refractivity contribution < 1.29 is 9.31 Å². The van der Waals surface area contributed by atoms with Gasteiger partial charge in [0.25, 0.3) is 0 Å². The summed E-state index contributed by atoms with van der Waals surface area (Å²) in [6.45, 7) is 26.7. The van der Waals surface area contributed by atoms with Crippen molar-refractivity contribution in [1.82, 2.24) is 0 Å². The summed E-state index contributed by atoms with van der Waals surface area (Å²) in [5, 5.41) is 26.3. The van der Waals surface area contributed by atoms with E-state index in [-0.39, 0.29) is 29.2 Å². The Morgan fingerprint density at radius 3 is 1.12 bits per heavy atom. The van der Waals surface area contributed by atoms with Crippen LogP contribution in [0.3, 0.4) is 0 Å². The third-order valence-electron chi connectivity index (χ3n) is 17.9. The van der Waals surface area contributed by atoms with Crippen LogP contribution in [0.4, 0.5) is 0 Å². The Bertz CT molecular complexity index is 4620. The molecule has 80 heavy (non-hydrogen) atoms. The lowest BCUT2D eigenvalue weighted by molar-refractivity contribution is 0.00578. The molecule has 0 bridgehead atoms. The minimum Gasteiger partial charge on any atom is -0.399 e. The summed E-state index contributed by atoms with van der Waals surface area (Å²) in [4.78, 5) is 0. The minimum atomic E-state index is -0.358. The normalized spacial score (nSPS) is 14.6. The lowest BCUT2D eigenvalue weighted by Gasteiger charge is -2.32. The summed E-state index contributed by atoms with van der Waals surface area (Å²) in [5.41, 5.74) is 8.70. The van der Waals surface area contributed by atoms with Crippen LogP contribution < -0.4 is 5.46 Å². The van der Waals surface area contributed by atoms with Crippen LogP contribution in [-0.4, -0.2) is 18.3 Å². The average Bonchev–Trinajstić information content (AvgIpc) is 3.73. The maximum atomic E-state index is 6.44. The highest BCUT2D eigenvalue weighted by molar-refractivity contribution is 9.10. The second-order valence-corrected chi connectivity index (χ2v) is 26.5. The van der Waals surface area contributed by atoms with Crippen molar-refractivity contribution in [1.29, 1.82) is 0 Å². The van der Waals surface area contributed by atoms with Crippen LogP contribution in [-0.2, 0) is 20.1 Å². The van der Waals surface area contributed by atoms with E-state index in [1.807, 2.05) is 0 Å². The molecule has 394 valence electrons. The van der Waals surface area contributed by atoms with Crippen molar-refractivity contribution in [3.63, 3.8) is 0 Å². The van der Waals surface area contributed by atoms with Gasteiger partial charge in [-0.25, -0.2) is 0 Å². The molecule has 0 radical (unpaired) electrons. The smallest absolute Gasteiger partial charge is 0.399 e. The first-order valence-electron chi connectivity index (χ1n) is 28.4. The van der Waals surface area contributed by atoms with Gasteiger partial charge in [-0.1, -0.05) is 224 Å². The van der Waals surface area contributed by atoms with Gasteiger partial charge in [-0.2, -0.15) is 0 Å². The van der Waals surface area contributed by atoms with E-state index < -0.39 is 0 Å². The lowest BCUT2D eigenvalue weighted by atomic mass is 9.73. The molecule has 1 aliphatic heterocycles. The number of benzene rings is 14. The van der Waals surface area contributed by atoms with E-state index in [4.69, 9.17) is 9.31 Å². The van der Waals surface area contributed by atoms with Crippen LogP contribution in [0, 0.1) is 13.8 Å². The van der Waals surface area contributed by atoms with Crippen molar-refractivity contribution in [2.45, 2.75) is 105 Å². The maximum absolute atomic E-state index is 6.44. The van der Waals surface area contributed by atoms with Crippen LogP contribution in [0.1, 0.15) is 91.5 Å². The number of rotatable bonds is 2. The Hall–Kier alpha value is -7.34. The van der Waals surface area contributed by atoms with Gasteiger partial charge < -0.3 is 9.31 Å². The summed E-state index contributed by atoms with van der Waals surface area (Å²) in [6, 6.07) is 71.7. The molecular formula is C76H68BBrO2. The molecule has 1 fully saturated rings. The van der Waals surface area contributed by atoms with Gasteiger partial charge >= 0.3 is 7.12 Å². The molecule has 4 heteroatoms. The van der Waals surface area contributed by atoms with Gasteiger partial charge in [0.05, 0.1) is 11.2 Å². The second kappa shape index (κ2) is 18.9. The molecule has 0 saturated carbocycles. The van der Waals surface area contributed by atoms with E-state index in [9.17, 15) is 0 Å². The number of hydrogen-bond donors (Lipinski definition) is 0. The van der Waals surface area contributed by atoms with Crippen LogP contribution in [0.15, 0.2) is 199 Å².